The summed E-state index contributed by atoms with van der Waals surface area (Å²) < 4.78 is 19.4. The number of rotatable bonds is 3. The van der Waals surface area contributed by atoms with Gasteiger partial charge in [-0.1, -0.05) is 36.4 Å². The Morgan fingerprint density at radius 3 is 2.52 bits per heavy atom. The largest absolute Gasteiger partial charge is 0.456 e. The molecule has 0 spiro atoms. The van der Waals surface area contributed by atoms with Crippen molar-refractivity contribution in [1.29, 1.82) is 0 Å². The number of ether oxygens (including phenoxy) is 1. The monoisotopic (exact) mass is 281 g/mol. The van der Waals surface area contributed by atoms with Gasteiger partial charge in [0.15, 0.2) is 0 Å². The van der Waals surface area contributed by atoms with Crippen LogP contribution in [0.4, 0.5) is 4.39 Å². The maximum absolute atomic E-state index is 13.4. The summed E-state index contributed by atoms with van der Waals surface area (Å²) in [7, 11) is 0. The second-order valence-electron chi connectivity index (χ2n) is 5.05. The van der Waals surface area contributed by atoms with Gasteiger partial charge in [-0.05, 0) is 36.6 Å². The van der Waals surface area contributed by atoms with Crippen LogP contribution in [0.3, 0.4) is 0 Å². The quantitative estimate of drug-likeness (QED) is 0.749. The molecule has 0 radical (unpaired) electrons. The van der Waals surface area contributed by atoms with Gasteiger partial charge in [0.25, 0.3) is 0 Å². The Morgan fingerprint density at radius 1 is 0.952 bits per heavy atom. The highest BCUT2D eigenvalue weighted by Gasteiger charge is 2.11. The Balaban J connectivity index is 2.07. The molecular formula is C18H16FNO. The maximum atomic E-state index is 13.4. The predicted octanol–water partition coefficient (Wildman–Crippen LogP) is 4.79. The Kier molecular flexibility index (Phi) is 3.59. The van der Waals surface area contributed by atoms with Crippen molar-refractivity contribution in [3.05, 3.63) is 72.0 Å². The summed E-state index contributed by atoms with van der Waals surface area (Å²) in [6.45, 7) is 1.81. The van der Waals surface area contributed by atoms with Crippen LogP contribution in [-0.4, -0.2) is 0 Å². The summed E-state index contributed by atoms with van der Waals surface area (Å²) in [5, 5.41) is 2.11. The van der Waals surface area contributed by atoms with Crippen molar-refractivity contribution in [3.8, 4) is 11.5 Å². The molecule has 3 aromatic carbocycles. The van der Waals surface area contributed by atoms with Crippen LogP contribution >= 0.6 is 0 Å². The lowest BCUT2D eigenvalue weighted by Gasteiger charge is -2.15. The van der Waals surface area contributed by atoms with E-state index in [4.69, 9.17) is 10.5 Å². The van der Waals surface area contributed by atoms with Gasteiger partial charge in [0.2, 0.25) is 0 Å². The van der Waals surface area contributed by atoms with Gasteiger partial charge >= 0.3 is 0 Å². The first-order valence-electron chi connectivity index (χ1n) is 6.86. The third-order valence-corrected chi connectivity index (χ3v) is 3.43. The molecule has 0 unspecified atom stereocenters. The Labute approximate surface area is 123 Å². The van der Waals surface area contributed by atoms with E-state index >= 15 is 0 Å². The van der Waals surface area contributed by atoms with Gasteiger partial charge in [0, 0.05) is 17.0 Å². The van der Waals surface area contributed by atoms with Gasteiger partial charge in [0.05, 0.1) is 0 Å². The van der Waals surface area contributed by atoms with Crippen LogP contribution in [0.5, 0.6) is 11.5 Å². The SMILES string of the molecule is C[C@H](N)c1cc(F)ccc1Oc1cccc2ccccc12. The molecule has 3 rings (SSSR count). The lowest BCUT2D eigenvalue weighted by atomic mass is 10.1. The van der Waals surface area contributed by atoms with E-state index in [1.165, 1.54) is 12.1 Å². The molecule has 0 aliphatic rings. The molecule has 0 heterocycles. The smallest absolute Gasteiger partial charge is 0.135 e. The van der Waals surface area contributed by atoms with Crippen LogP contribution in [0, 0.1) is 5.82 Å². The van der Waals surface area contributed by atoms with Crippen LogP contribution in [0.25, 0.3) is 10.8 Å². The zero-order valence-corrected chi connectivity index (χ0v) is 11.7. The minimum absolute atomic E-state index is 0.300. The molecule has 106 valence electrons. The lowest BCUT2D eigenvalue weighted by molar-refractivity contribution is 0.474. The van der Waals surface area contributed by atoms with Gasteiger partial charge < -0.3 is 10.5 Å². The first kappa shape index (κ1) is 13.6. The van der Waals surface area contributed by atoms with Crippen molar-refractivity contribution < 1.29 is 9.13 Å². The highest BCUT2D eigenvalue weighted by Crippen LogP contribution is 2.33. The van der Waals surface area contributed by atoms with E-state index in [1.807, 2.05) is 49.4 Å². The molecule has 2 N–H and O–H groups in total. The molecule has 0 bridgehead atoms. The molecule has 0 saturated carbocycles. The second kappa shape index (κ2) is 5.54. The van der Waals surface area contributed by atoms with Crippen molar-refractivity contribution >= 4 is 10.8 Å². The first-order valence-corrected chi connectivity index (χ1v) is 6.86. The molecule has 0 aliphatic carbocycles. The molecule has 0 saturated heterocycles. The van der Waals surface area contributed by atoms with Gasteiger partial charge in [0.1, 0.15) is 17.3 Å². The van der Waals surface area contributed by atoms with Gasteiger partial charge in [-0.25, -0.2) is 4.39 Å². The fourth-order valence-electron chi connectivity index (χ4n) is 2.37. The van der Waals surface area contributed by atoms with E-state index in [0.717, 1.165) is 16.5 Å². The van der Waals surface area contributed by atoms with E-state index in [-0.39, 0.29) is 11.9 Å². The fraction of sp³-hybridized carbons (Fsp3) is 0.111. The molecule has 0 aliphatic heterocycles. The van der Waals surface area contributed by atoms with Crippen LogP contribution in [-0.2, 0) is 0 Å². The number of hydrogen-bond acceptors (Lipinski definition) is 2. The Bertz CT molecular complexity index is 778. The Hall–Kier alpha value is -2.39. The number of hydrogen-bond donors (Lipinski definition) is 1. The highest BCUT2D eigenvalue weighted by molar-refractivity contribution is 5.88. The summed E-state index contributed by atoms with van der Waals surface area (Å²) in [6.07, 6.45) is 0. The molecule has 3 aromatic rings. The zero-order chi connectivity index (χ0) is 14.8. The minimum atomic E-state index is -0.312. The van der Waals surface area contributed by atoms with E-state index in [9.17, 15) is 4.39 Å². The molecule has 0 aromatic heterocycles. The van der Waals surface area contributed by atoms with Crippen LogP contribution in [0.1, 0.15) is 18.5 Å². The zero-order valence-electron chi connectivity index (χ0n) is 11.7. The third kappa shape index (κ3) is 2.73. The van der Waals surface area contributed by atoms with Crippen molar-refractivity contribution in [2.75, 3.05) is 0 Å². The normalized spacial score (nSPS) is 12.3. The molecule has 0 fully saturated rings. The summed E-state index contributed by atoms with van der Waals surface area (Å²) >= 11 is 0. The molecule has 2 nitrogen and oxygen atoms in total. The fourth-order valence-corrected chi connectivity index (χ4v) is 2.37. The highest BCUT2D eigenvalue weighted by atomic mass is 19.1. The van der Waals surface area contributed by atoms with Crippen molar-refractivity contribution in [1.82, 2.24) is 0 Å². The standard InChI is InChI=1S/C18H16FNO/c1-12(20)16-11-14(19)9-10-18(16)21-17-8-4-6-13-5-2-3-7-15(13)17/h2-12H,20H2,1H3/t12-/m0/s1. The molecular weight excluding hydrogens is 265 g/mol. The summed E-state index contributed by atoms with van der Waals surface area (Å²) in [4.78, 5) is 0. The van der Waals surface area contributed by atoms with E-state index in [2.05, 4.69) is 0 Å². The predicted molar refractivity (Wildman–Crippen MR) is 83.0 cm³/mol. The third-order valence-electron chi connectivity index (χ3n) is 3.43. The molecule has 1 atom stereocenters. The number of nitrogens with two attached hydrogens (primary N) is 1. The van der Waals surface area contributed by atoms with Crippen molar-refractivity contribution in [2.24, 2.45) is 5.73 Å². The van der Waals surface area contributed by atoms with Crippen LogP contribution < -0.4 is 10.5 Å². The van der Waals surface area contributed by atoms with Crippen LogP contribution in [0.15, 0.2) is 60.7 Å². The average Bonchev–Trinajstić information content (AvgIpc) is 2.49. The Morgan fingerprint density at radius 2 is 1.71 bits per heavy atom. The number of benzene rings is 3. The number of halogens is 1. The van der Waals surface area contributed by atoms with Gasteiger partial charge in [-0.2, -0.15) is 0 Å². The van der Waals surface area contributed by atoms with Crippen molar-refractivity contribution in [2.45, 2.75) is 13.0 Å². The van der Waals surface area contributed by atoms with E-state index in [1.54, 1.807) is 6.07 Å². The topological polar surface area (TPSA) is 35.2 Å². The summed E-state index contributed by atoms with van der Waals surface area (Å²) in [5.74, 6) is 1.01. The average molecular weight is 281 g/mol. The minimum Gasteiger partial charge on any atom is -0.456 e. The molecule has 21 heavy (non-hydrogen) atoms. The van der Waals surface area contributed by atoms with Crippen LogP contribution in [0.2, 0.25) is 0 Å². The lowest BCUT2D eigenvalue weighted by Crippen LogP contribution is -2.07. The number of fused-ring (bicyclic) bond motifs is 1. The second-order valence-corrected chi connectivity index (χ2v) is 5.05. The first-order chi connectivity index (χ1) is 10.1. The summed E-state index contributed by atoms with van der Waals surface area (Å²) in [6, 6.07) is 18.0. The molecule has 0 amide bonds. The maximum Gasteiger partial charge on any atom is 0.135 e. The van der Waals surface area contributed by atoms with E-state index in [0.29, 0.717) is 11.3 Å². The van der Waals surface area contributed by atoms with Gasteiger partial charge in [-0.15, -0.1) is 0 Å². The van der Waals surface area contributed by atoms with E-state index < -0.39 is 0 Å². The summed E-state index contributed by atoms with van der Waals surface area (Å²) in [5.41, 5.74) is 6.56. The van der Waals surface area contributed by atoms with Crippen molar-refractivity contribution in [3.63, 3.8) is 0 Å². The van der Waals surface area contributed by atoms with Gasteiger partial charge in [-0.3, -0.25) is 0 Å². The molecule has 3 heteroatoms.